The summed E-state index contributed by atoms with van der Waals surface area (Å²) in [6.07, 6.45) is 1.44. The Morgan fingerprint density at radius 1 is 1.62 bits per heavy atom. The molecular formula is C10H17N3O2S. The highest BCUT2D eigenvalue weighted by Crippen LogP contribution is 2.22. The van der Waals surface area contributed by atoms with Gasteiger partial charge >= 0.3 is 0 Å². The Morgan fingerprint density at radius 3 is 2.81 bits per heavy atom. The molecule has 0 saturated carbocycles. The number of hydrogen-bond donors (Lipinski definition) is 3. The molecule has 1 aromatic heterocycles. The fourth-order valence-electron chi connectivity index (χ4n) is 1.22. The second kappa shape index (κ2) is 6.03. The molecule has 4 N–H and O–H groups in total. The predicted octanol–water partition coefficient (Wildman–Crippen LogP) is 0.206. The summed E-state index contributed by atoms with van der Waals surface area (Å²) in [4.78, 5) is 17.7. The lowest BCUT2D eigenvalue weighted by atomic mass is 10.0. The van der Waals surface area contributed by atoms with Crippen molar-refractivity contribution >= 4 is 11.8 Å². The average Bonchev–Trinajstić information content (AvgIpc) is 2.25. The van der Waals surface area contributed by atoms with Crippen molar-refractivity contribution in [3.63, 3.8) is 0 Å². The van der Waals surface area contributed by atoms with E-state index in [1.165, 1.54) is 24.0 Å². The Hall–Kier alpha value is -0.850. The minimum atomic E-state index is -0.202. The van der Waals surface area contributed by atoms with Crippen molar-refractivity contribution in [1.82, 2.24) is 9.97 Å². The minimum Gasteiger partial charge on any atom is -0.395 e. The van der Waals surface area contributed by atoms with Gasteiger partial charge in [-0.15, -0.1) is 0 Å². The molecule has 1 aromatic rings. The van der Waals surface area contributed by atoms with E-state index in [0.717, 1.165) is 0 Å². The molecule has 0 aliphatic rings. The maximum Gasteiger partial charge on any atom is 0.251 e. The van der Waals surface area contributed by atoms with Crippen LogP contribution in [0.25, 0.3) is 0 Å². The molecular weight excluding hydrogens is 226 g/mol. The van der Waals surface area contributed by atoms with Gasteiger partial charge in [0.1, 0.15) is 0 Å². The number of H-pyrrole nitrogens is 1. The lowest BCUT2D eigenvalue weighted by Gasteiger charge is -2.23. The van der Waals surface area contributed by atoms with E-state index < -0.39 is 0 Å². The van der Waals surface area contributed by atoms with Gasteiger partial charge in [0.25, 0.3) is 5.56 Å². The predicted molar refractivity (Wildman–Crippen MR) is 64.4 cm³/mol. The zero-order valence-electron chi connectivity index (χ0n) is 9.38. The maximum absolute atomic E-state index is 11.1. The fourth-order valence-corrected chi connectivity index (χ4v) is 2.34. The molecule has 1 rings (SSSR count). The summed E-state index contributed by atoms with van der Waals surface area (Å²) in [6, 6.07) is 1.21. The molecule has 6 heteroatoms. The highest BCUT2D eigenvalue weighted by Gasteiger charge is 2.21. The van der Waals surface area contributed by atoms with Crippen LogP contribution in [0, 0.1) is 5.92 Å². The first-order chi connectivity index (χ1) is 7.54. The lowest BCUT2D eigenvalue weighted by molar-refractivity contribution is 0.269. The number of nitrogens with zero attached hydrogens (tertiary/aromatic N) is 1. The Morgan fingerprint density at radius 2 is 2.31 bits per heavy atom. The molecule has 90 valence electrons. The monoisotopic (exact) mass is 243 g/mol. The van der Waals surface area contributed by atoms with Crippen molar-refractivity contribution in [2.24, 2.45) is 11.7 Å². The highest BCUT2D eigenvalue weighted by molar-refractivity contribution is 7.99. The maximum atomic E-state index is 11.1. The molecule has 0 saturated heterocycles. The van der Waals surface area contributed by atoms with Crippen LogP contribution in [0.1, 0.15) is 13.8 Å². The van der Waals surface area contributed by atoms with Crippen molar-refractivity contribution in [1.29, 1.82) is 0 Å². The number of aromatic nitrogens is 2. The van der Waals surface area contributed by atoms with Crippen LogP contribution in [-0.4, -0.2) is 33.0 Å². The second-order valence-electron chi connectivity index (χ2n) is 3.90. The number of aliphatic hydroxyl groups excluding tert-OH is 1. The number of aromatic amines is 1. The van der Waals surface area contributed by atoms with Crippen molar-refractivity contribution in [3.05, 3.63) is 22.6 Å². The molecule has 0 bridgehead atoms. The topological polar surface area (TPSA) is 92.0 Å². The van der Waals surface area contributed by atoms with Crippen LogP contribution < -0.4 is 11.3 Å². The van der Waals surface area contributed by atoms with E-state index in [1.807, 2.05) is 13.8 Å². The third kappa shape index (κ3) is 3.62. The Balaban J connectivity index is 2.74. The summed E-state index contributed by atoms with van der Waals surface area (Å²) in [6.45, 7) is 3.95. The first-order valence-corrected chi connectivity index (χ1v) is 6.01. The fraction of sp³-hybridized carbons (Fsp3) is 0.600. The third-order valence-electron chi connectivity index (χ3n) is 2.29. The van der Waals surface area contributed by atoms with E-state index in [2.05, 4.69) is 9.97 Å². The Kier molecular flexibility index (Phi) is 4.98. The number of thioether (sulfide) groups is 1. The normalized spacial score (nSPS) is 15.1. The van der Waals surface area contributed by atoms with Crippen LogP contribution in [0.15, 0.2) is 22.2 Å². The van der Waals surface area contributed by atoms with Gasteiger partial charge in [0, 0.05) is 18.3 Å². The van der Waals surface area contributed by atoms with Crippen LogP contribution in [0.2, 0.25) is 0 Å². The summed E-state index contributed by atoms with van der Waals surface area (Å²) >= 11 is 1.30. The number of rotatable bonds is 5. The molecule has 1 heterocycles. The van der Waals surface area contributed by atoms with Gasteiger partial charge in [0.2, 0.25) is 0 Å². The highest BCUT2D eigenvalue weighted by atomic mass is 32.2. The number of aliphatic hydroxyl groups is 1. The van der Waals surface area contributed by atoms with Gasteiger partial charge in [-0.25, -0.2) is 4.98 Å². The summed E-state index contributed by atoms with van der Waals surface area (Å²) in [5, 5.41) is 9.58. The van der Waals surface area contributed by atoms with E-state index in [9.17, 15) is 9.90 Å². The molecule has 0 spiro atoms. The first-order valence-electron chi connectivity index (χ1n) is 5.13. The van der Waals surface area contributed by atoms with Crippen LogP contribution >= 0.6 is 11.8 Å². The number of hydrogen-bond acceptors (Lipinski definition) is 5. The van der Waals surface area contributed by atoms with Gasteiger partial charge in [-0.1, -0.05) is 25.6 Å². The van der Waals surface area contributed by atoms with Gasteiger partial charge in [-0.3, -0.25) is 4.79 Å². The van der Waals surface area contributed by atoms with Gasteiger partial charge in [0.15, 0.2) is 5.16 Å². The molecule has 16 heavy (non-hydrogen) atoms. The molecule has 2 atom stereocenters. The molecule has 2 unspecified atom stereocenters. The van der Waals surface area contributed by atoms with Gasteiger partial charge in [0.05, 0.1) is 11.9 Å². The van der Waals surface area contributed by atoms with Crippen molar-refractivity contribution in [2.45, 2.75) is 30.3 Å². The molecule has 0 fully saturated rings. The zero-order valence-corrected chi connectivity index (χ0v) is 10.2. The molecule has 0 aromatic carbocycles. The molecule has 0 aliphatic heterocycles. The molecule has 0 aliphatic carbocycles. The largest absolute Gasteiger partial charge is 0.395 e. The van der Waals surface area contributed by atoms with E-state index in [0.29, 0.717) is 5.16 Å². The van der Waals surface area contributed by atoms with E-state index in [4.69, 9.17) is 5.73 Å². The van der Waals surface area contributed by atoms with Crippen molar-refractivity contribution in [3.8, 4) is 0 Å². The SMILES string of the molecule is CC(C)C(N)C(CO)Sc1nccc(=O)[nH]1. The lowest BCUT2D eigenvalue weighted by Crippen LogP contribution is -2.39. The zero-order chi connectivity index (χ0) is 12.1. The first kappa shape index (κ1) is 13.2. The molecule has 0 radical (unpaired) electrons. The van der Waals surface area contributed by atoms with Crippen LogP contribution in [-0.2, 0) is 0 Å². The summed E-state index contributed by atoms with van der Waals surface area (Å²) in [7, 11) is 0. The summed E-state index contributed by atoms with van der Waals surface area (Å²) in [5.41, 5.74) is 5.75. The molecule has 0 amide bonds. The molecule has 5 nitrogen and oxygen atoms in total. The van der Waals surface area contributed by atoms with Crippen LogP contribution in [0.5, 0.6) is 0 Å². The smallest absolute Gasteiger partial charge is 0.251 e. The second-order valence-corrected chi connectivity index (χ2v) is 5.13. The van der Waals surface area contributed by atoms with Gasteiger partial charge in [-0.05, 0) is 5.92 Å². The van der Waals surface area contributed by atoms with Crippen molar-refractivity contribution in [2.75, 3.05) is 6.61 Å². The van der Waals surface area contributed by atoms with Crippen LogP contribution in [0.3, 0.4) is 0 Å². The Bertz CT molecular complexity index is 380. The van der Waals surface area contributed by atoms with Crippen LogP contribution in [0.4, 0.5) is 0 Å². The standard InChI is InChI=1S/C10H17N3O2S/c1-6(2)9(11)7(5-14)16-10-12-4-3-8(15)13-10/h3-4,6-7,9,14H,5,11H2,1-2H3,(H,12,13,15). The minimum absolute atomic E-state index is 0.0391. The summed E-state index contributed by atoms with van der Waals surface area (Å²) in [5.74, 6) is 0.264. The van der Waals surface area contributed by atoms with E-state index in [1.54, 1.807) is 0 Å². The van der Waals surface area contributed by atoms with E-state index in [-0.39, 0.29) is 29.4 Å². The van der Waals surface area contributed by atoms with Gasteiger partial charge < -0.3 is 15.8 Å². The Labute approximate surface area is 98.5 Å². The summed E-state index contributed by atoms with van der Waals surface area (Å²) < 4.78 is 0. The quantitative estimate of drug-likeness (QED) is 0.508. The third-order valence-corrected chi connectivity index (χ3v) is 3.49. The number of nitrogens with one attached hydrogen (secondary N) is 1. The average molecular weight is 243 g/mol. The number of nitrogens with two attached hydrogens (primary N) is 1. The van der Waals surface area contributed by atoms with Gasteiger partial charge in [-0.2, -0.15) is 0 Å². The van der Waals surface area contributed by atoms with Crippen molar-refractivity contribution < 1.29 is 5.11 Å². The van der Waals surface area contributed by atoms with E-state index >= 15 is 0 Å².